The van der Waals surface area contributed by atoms with Crippen molar-refractivity contribution in [2.45, 2.75) is 112 Å². The summed E-state index contributed by atoms with van der Waals surface area (Å²) < 4.78 is 0. The topological polar surface area (TPSA) is 115 Å². The molecular formula is C45H57N5O4S. The van der Waals surface area contributed by atoms with Crippen LogP contribution in [-0.2, 0) is 14.4 Å². The average molecular weight is 764 g/mol. The first kappa shape index (κ1) is 42.9. The van der Waals surface area contributed by atoms with Gasteiger partial charge >= 0.3 is 0 Å². The van der Waals surface area contributed by atoms with Gasteiger partial charge in [-0.15, -0.1) is 0 Å². The minimum Gasteiger partial charge on any atom is -0.348 e. The van der Waals surface area contributed by atoms with Crippen molar-refractivity contribution < 1.29 is 19.2 Å². The maximum Gasteiger partial charge on any atom is 0.291 e. The number of rotatable bonds is 20. The third kappa shape index (κ3) is 10.7. The summed E-state index contributed by atoms with van der Waals surface area (Å²) in [5.74, 6) is -2.51. The van der Waals surface area contributed by atoms with Crippen LogP contribution in [0.3, 0.4) is 0 Å². The molecule has 1 aromatic heterocycles. The van der Waals surface area contributed by atoms with Gasteiger partial charge in [0.25, 0.3) is 17.7 Å². The molecule has 0 radical (unpaired) electrons. The zero-order chi connectivity index (χ0) is 39.9. The lowest BCUT2D eigenvalue weighted by molar-refractivity contribution is -0.163. The molecule has 0 fully saturated rings. The summed E-state index contributed by atoms with van der Waals surface area (Å²) in [6.07, 6.45) is 12.4. The maximum absolute atomic E-state index is 14.7. The number of hydrogen-bond donors (Lipinski definition) is 0. The van der Waals surface area contributed by atoms with Crippen molar-refractivity contribution in [3.8, 4) is 17.3 Å². The number of carbonyl (C=O) groups is 4. The number of benzene rings is 2. The summed E-state index contributed by atoms with van der Waals surface area (Å²) in [4.78, 5) is 64.2. The van der Waals surface area contributed by atoms with E-state index in [1.54, 1.807) is 24.3 Å². The van der Waals surface area contributed by atoms with Crippen LogP contribution in [0.25, 0.3) is 17.3 Å². The van der Waals surface area contributed by atoms with Crippen LogP contribution in [0, 0.1) is 23.2 Å². The number of hydrogen-bond acceptors (Lipinski definition) is 8. The maximum atomic E-state index is 14.7. The standard InChI is InChI=1S/C45H57N5O4S/c1-7-12-21-33(10-4)30-48(31-34(11-5)22-13-8-2)45-47-41(35-23-17-15-18-24-35)40(55-45)28-38-37(27-14-9-3)39(29-46)44(54)50(43(38)53)49(32(6)51)42(52)36-25-19-16-20-26-36/h15-20,23-26,28,33-34H,7-14,21-22,27,30-31H2,1-6H3/b38-28-/t33-,34?/m0/s1. The Morgan fingerprint density at radius 3 is 1.91 bits per heavy atom. The summed E-state index contributed by atoms with van der Waals surface area (Å²) >= 11 is 1.50. The van der Waals surface area contributed by atoms with E-state index in [-0.39, 0.29) is 16.7 Å². The van der Waals surface area contributed by atoms with Crippen molar-refractivity contribution in [1.82, 2.24) is 15.0 Å². The molecule has 4 rings (SSSR count). The lowest BCUT2D eigenvalue weighted by Crippen LogP contribution is -2.57. The van der Waals surface area contributed by atoms with Crippen molar-refractivity contribution >= 4 is 46.2 Å². The SMILES string of the molecule is CCCCC1=C(C#N)C(=O)N(N(C(C)=O)C(=O)c2ccccc2)C(=O)/C1=C\c1sc(N(CC(CC)CCCC)C[C@@H](CC)CCCC)nc1-c1ccccc1. The van der Waals surface area contributed by atoms with Crippen LogP contribution in [0.4, 0.5) is 5.13 Å². The molecule has 0 bridgehead atoms. The molecule has 0 saturated heterocycles. The first-order chi connectivity index (χ1) is 26.6. The van der Waals surface area contributed by atoms with Crippen LogP contribution in [0.2, 0.25) is 0 Å². The zero-order valence-corrected chi connectivity index (χ0v) is 34.3. The van der Waals surface area contributed by atoms with E-state index in [0.29, 0.717) is 50.8 Å². The van der Waals surface area contributed by atoms with E-state index in [2.05, 4.69) is 32.6 Å². The number of nitriles is 1. The first-order valence-electron chi connectivity index (χ1n) is 20.1. The number of carbonyl (C=O) groups excluding carboxylic acids is 4. The number of hydrazine groups is 1. The summed E-state index contributed by atoms with van der Waals surface area (Å²) in [6.45, 7) is 13.8. The van der Waals surface area contributed by atoms with Gasteiger partial charge in [0.2, 0.25) is 5.91 Å². The van der Waals surface area contributed by atoms with Gasteiger partial charge in [-0.05, 0) is 61.3 Å². The Kier molecular flexibility index (Phi) is 16.6. The second-order valence-corrected chi connectivity index (χ2v) is 15.4. The first-order valence-corrected chi connectivity index (χ1v) is 20.9. The van der Waals surface area contributed by atoms with Crippen LogP contribution in [0.5, 0.6) is 0 Å². The third-order valence-electron chi connectivity index (χ3n) is 10.3. The van der Waals surface area contributed by atoms with Gasteiger partial charge in [-0.25, -0.2) is 4.98 Å². The van der Waals surface area contributed by atoms with E-state index < -0.39 is 23.6 Å². The predicted molar refractivity (Wildman–Crippen MR) is 222 cm³/mol. The van der Waals surface area contributed by atoms with E-state index in [1.165, 1.54) is 36.3 Å². The second kappa shape index (κ2) is 21.3. The summed E-state index contributed by atoms with van der Waals surface area (Å²) in [6, 6.07) is 19.9. The van der Waals surface area contributed by atoms with Gasteiger partial charge in [-0.3, -0.25) is 19.2 Å². The molecule has 4 amide bonds. The third-order valence-corrected chi connectivity index (χ3v) is 11.4. The van der Waals surface area contributed by atoms with Crippen molar-refractivity contribution in [3.05, 3.63) is 87.8 Å². The molecule has 0 saturated carbocycles. The summed E-state index contributed by atoms with van der Waals surface area (Å²) in [7, 11) is 0. The van der Waals surface area contributed by atoms with E-state index in [4.69, 9.17) is 4.98 Å². The van der Waals surface area contributed by atoms with Crippen molar-refractivity contribution in [2.24, 2.45) is 11.8 Å². The van der Waals surface area contributed by atoms with E-state index in [9.17, 15) is 24.4 Å². The molecule has 9 nitrogen and oxygen atoms in total. The summed E-state index contributed by atoms with van der Waals surface area (Å²) in [5.41, 5.74) is 1.83. The highest BCUT2D eigenvalue weighted by molar-refractivity contribution is 7.17. The van der Waals surface area contributed by atoms with Crippen molar-refractivity contribution in [3.63, 3.8) is 0 Å². The van der Waals surface area contributed by atoms with Gasteiger partial charge in [0.15, 0.2) is 5.13 Å². The zero-order valence-electron chi connectivity index (χ0n) is 33.5. The minimum atomic E-state index is -0.995. The molecule has 292 valence electrons. The Balaban J connectivity index is 1.95. The lowest BCUT2D eigenvalue weighted by atomic mass is 9.90. The highest BCUT2D eigenvalue weighted by atomic mass is 32.1. The van der Waals surface area contributed by atoms with Gasteiger partial charge in [0, 0.05) is 36.7 Å². The van der Waals surface area contributed by atoms with Gasteiger partial charge in [-0.2, -0.15) is 15.3 Å². The van der Waals surface area contributed by atoms with Gasteiger partial charge in [-0.1, -0.05) is 139 Å². The number of nitrogens with zero attached hydrogens (tertiary/aromatic N) is 5. The minimum absolute atomic E-state index is 0.0967. The Hall–Kier alpha value is -4.88. The number of aromatic nitrogens is 1. The molecule has 0 N–H and O–H groups in total. The quantitative estimate of drug-likeness (QED) is 0.0831. The van der Waals surface area contributed by atoms with Crippen LogP contribution >= 0.6 is 11.3 Å². The predicted octanol–water partition coefficient (Wildman–Crippen LogP) is 10.4. The number of thiazole rings is 1. The average Bonchev–Trinajstić information content (AvgIpc) is 3.63. The smallest absolute Gasteiger partial charge is 0.291 e. The van der Waals surface area contributed by atoms with E-state index >= 15 is 0 Å². The number of amides is 4. The monoisotopic (exact) mass is 763 g/mol. The molecule has 1 unspecified atom stereocenters. The summed E-state index contributed by atoms with van der Waals surface area (Å²) in [5, 5.41) is 12.4. The van der Waals surface area contributed by atoms with Crippen LogP contribution in [-0.4, -0.2) is 51.7 Å². The fraction of sp³-hybridized carbons (Fsp3) is 0.467. The Bertz CT molecular complexity index is 1860. The number of imide groups is 2. The van der Waals surface area contributed by atoms with E-state index in [1.807, 2.05) is 43.3 Å². The molecule has 2 heterocycles. The highest BCUT2D eigenvalue weighted by Crippen LogP contribution is 2.39. The Morgan fingerprint density at radius 2 is 1.40 bits per heavy atom. The molecule has 2 aromatic carbocycles. The highest BCUT2D eigenvalue weighted by Gasteiger charge is 2.44. The molecule has 0 aliphatic carbocycles. The Morgan fingerprint density at radius 1 is 0.836 bits per heavy atom. The molecule has 10 heteroatoms. The van der Waals surface area contributed by atoms with Crippen LogP contribution in [0.15, 0.2) is 77.4 Å². The molecule has 55 heavy (non-hydrogen) atoms. The molecule has 2 atom stereocenters. The molecule has 1 aliphatic heterocycles. The van der Waals surface area contributed by atoms with E-state index in [0.717, 1.165) is 75.7 Å². The van der Waals surface area contributed by atoms with Gasteiger partial charge in [0.05, 0.1) is 10.6 Å². The second-order valence-electron chi connectivity index (χ2n) is 14.4. The number of unbranched alkanes of at least 4 members (excludes halogenated alkanes) is 3. The normalized spacial score (nSPS) is 14.9. The number of anilines is 1. The molecular weight excluding hydrogens is 707 g/mol. The van der Waals surface area contributed by atoms with Gasteiger partial charge in [0.1, 0.15) is 11.6 Å². The fourth-order valence-corrected chi connectivity index (χ4v) is 8.07. The lowest BCUT2D eigenvalue weighted by Gasteiger charge is -2.34. The fourth-order valence-electron chi connectivity index (χ4n) is 7.02. The molecule has 0 spiro atoms. The van der Waals surface area contributed by atoms with Gasteiger partial charge < -0.3 is 4.90 Å². The molecule has 1 aliphatic rings. The largest absolute Gasteiger partial charge is 0.348 e. The van der Waals surface area contributed by atoms with Crippen molar-refractivity contribution in [2.75, 3.05) is 18.0 Å². The van der Waals surface area contributed by atoms with Crippen LogP contribution < -0.4 is 4.90 Å². The Labute approximate surface area is 331 Å². The van der Waals surface area contributed by atoms with Crippen molar-refractivity contribution in [1.29, 1.82) is 5.26 Å². The van der Waals surface area contributed by atoms with Crippen LogP contribution in [0.1, 0.15) is 127 Å². The molecule has 3 aromatic rings.